The maximum atomic E-state index is 14.6. The van der Waals surface area contributed by atoms with Crippen LogP contribution >= 0.6 is 0 Å². The van der Waals surface area contributed by atoms with E-state index < -0.39 is 5.82 Å². The molecule has 1 aliphatic rings. The molecule has 1 fully saturated rings. The largest absolute Gasteiger partial charge is 0.334 e. The van der Waals surface area contributed by atoms with E-state index in [2.05, 4.69) is 29.0 Å². The molecule has 0 radical (unpaired) electrons. The highest BCUT2D eigenvalue weighted by atomic mass is 19.1. The molecule has 0 bridgehead atoms. The molecule has 228 valence electrons. The van der Waals surface area contributed by atoms with Crippen molar-refractivity contribution in [1.82, 2.24) is 24.7 Å². The maximum absolute atomic E-state index is 14.6. The molecule has 8 heteroatoms. The zero-order valence-corrected chi connectivity index (χ0v) is 26.4. The Morgan fingerprint density at radius 1 is 1.05 bits per heavy atom. The summed E-state index contributed by atoms with van der Waals surface area (Å²) in [6.07, 6.45) is 9.18. The number of benzene rings is 1. The first-order valence-electron chi connectivity index (χ1n) is 15.6. The van der Waals surface area contributed by atoms with Crippen LogP contribution in [0.15, 0.2) is 42.9 Å². The fourth-order valence-corrected chi connectivity index (χ4v) is 6.70. The Balaban J connectivity index is 1.65. The number of nitrogens with one attached hydrogen (secondary N) is 1. The lowest BCUT2D eigenvalue weighted by Gasteiger charge is -2.39. The van der Waals surface area contributed by atoms with Crippen LogP contribution in [-0.2, 0) is 0 Å². The number of likely N-dealkylation sites (tertiary alicyclic amines) is 1. The number of halogens is 1. The summed E-state index contributed by atoms with van der Waals surface area (Å²) in [5.41, 5.74) is 2.17. The highest BCUT2D eigenvalue weighted by molar-refractivity contribution is 6.10. The summed E-state index contributed by atoms with van der Waals surface area (Å²) in [6, 6.07) is 6.56. The number of carbonyl (C=O) groups is 2. The Bertz CT molecular complexity index is 1370. The van der Waals surface area contributed by atoms with E-state index in [9.17, 15) is 14.0 Å². The van der Waals surface area contributed by atoms with Crippen LogP contribution in [0.5, 0.6) is 0 Å². The van der Waals surface area contributed by atoms with Crippen molar-refractivity contribution in [3.8, 4) is 5.69 Å². The molecule has 3 heterocycles. The molecular formula is C34H48FN5O2. The first kappa shape index (κ1) is 31.8. The van der Waals surface area contributed by atoms with Crippen LogP contribution in [-0.4, -0.2) is 75.8 Å². The summed E-state index contributed by atoms with van der Waals surface area (Å²) in [4.78, 5) is 36.5. The Labute approximate surface area is 250 Å². The van der Waals surface area contributed by atoms with Crippen molar-refractivity contribution >= 4 is 22.6 Å². The summed E-state index contributed by atoms with van der Waals surface area (Å²) in [5, 5.41) is 4.05. The molecule has 4 rings (SSSR count). The van der Waals surface area contributed by atoms with Gasteiger partial charge in [-0.15, -0.1) is 0 Å². The van der Waals surface area contributed by atoms with Crippen molar-refractivity contribution < 1.29 is 14.0 Å². The third kappa shape index (κ3) is 6.76. The highest BCUT2D eigenvalue weighted by Gasteiger charge is 2.32. The number of rotatable bonds is 12. The van der Waals surface area contributed by atoms with Gasteiger partial charge in [-0.1, -0.05) is 13.8 Å². The molecule has 42 heavy (non-hydrogen) atoms. The molecule has 0 aliphatic carbocycles. The first-order chi connectivity index (χ1) is 20.0. The summed E-state index contributed by atoms with van der Waals surface area (Å²) in [7, 11) is 2.00. The van der Waals surface area contributed by atoms with E-state index in [1.165, 1.54) is 12.1 Å². The SMILES string of the molecule is CNCCC[C@H](C(C)C)N1CCC(C(=O)c2cn(-c3ccc(F)cc3C(=O)N(C(C)C)C(C)C)c3cnccc23)CC1. The second kappa shape index (κ2) is 13.9. The Morgan fingerprint density at radius 3 is 2.36 bits per heavy atom. The van der Waals surface area contributed by atoms with E-state index in [0.29, 0.717) is 23.2 Å². The molecule has 1 amide bonds. The summed E-state index contributed by atoms with van der Waals surface area (Å²) < 4.78 is 16.4. The molecule has 2 aromatic heterocycles. The van der Waals surface area contributed by atoms with Gasteiger partial charge in [-0.2, -0.15) is 0 Å². The average Bonchev–Trinajstić information content (AvgIpc) is 3.34. The van der Waals surface area contributed by atoms with Crippen LogP contribution < -0.4 is 5.32 Å². The number of Topliss-reactive ketones (excluding diaryl/α,β-unsaturated/α-hetero) is 1. The van der Waals surface area contributed by atoms with Crippen LogP contribution in [0.4, 0.5) is 4.39 Å². The minimum atomic E-state index is -0.474. The van der Waals surface area contributed by atoms with Crippen molar-refractivity contribution in [3.63, 3.8) is 0 Å². The van der Waals surface area contributed by atoms with Gasteiger partial charge in [0.2, 0.25) is 0 Å². The number of nitrogens with zero attached hydrogens (tertiary/aromatic N) is 4. The van der Waals surface area contributed by atoms with E-state index in [1.54, 1.807) is 23.4 Å². The molecule has 0 unspecified atom stereocenters. The van der Waals surface area contributed by atoms with Crippen LogP contribution in [0.25, 0.3) is 16.6 Å². The van der Waals surface area contributed by atoms with E-state index in [-0.39, 0.29) is 35.3 Å². The molecule has 0 spiro atoms. The predicted octanol–water partition coefficient (Wildman–Crippen LogP) is 6.34. The number of aromatic nitrogens is 2. The van der Waals surface area contributed by atoms with E-state index >= 15 is 0 Å². The number of hydrogen-bond donors (Lipinski definition) is 1. The maximum Gasteiger partial charge on any atom is 0.256 e. The zero-order valence-electron chi connectivity index (χ0n) is 26.4. The second-order valence-electron chi connectivity index (χ2n) is 12.6. The zero-order chi connectivity index (χ0) is 30.6. The van der Waals surface area contributed by atoms with Gasteiger partial charge >= 0.3 is 0 Å². The monoisotopic (exact) mass is 577 g/mol. The topological polar surface area (TPSA) is 70.5 Å². The van der Waals surface area contributed by atoms with Crippen molar-refractivity contribution in [3.05, 3.63) is 59.8 Å². The number of fused-ring (bicyclic) bond motifs is 1. The van der Waals surface area contributed by atoms with Crippen LogP contribution in [0, 0.1) is 17.7 Å². The summed E-state index contributed by atoms with van der Waals surface area (Å²) >= 11 is 0. The number of pyridine rings is 1. The number of piperidine rings is 1. The fraction of sp³-hybridized carbons (Fsp3) is 0.559. The molecule has 3 aromatic rings. The van der Waals surface area contributed by atoms with Gasteiger partial charge in [-0.25, -0.2) is 4.39 Å². The molecule has 1 atom stereocenters. The average molecular weight is 578 g/mol. The van der Waals surface area contributed by atoms with Crippen LogP contribution in [0.1, 0.15) is 87.9 Å². The number of carbonyl (C=O) groups excluding carboxylic acids is 2. The standard InChI is InChI=1S/C34H48FN5O2/c1-22(2)30(9-8-15-36-7)38-17-13-25(14-18-38)33(41)29-21-39(32-20-37-16-12-27(29)32)31-11-10-26(35)19-28(31)34(42)40(23(3)4)24(5)6/h10-12,16,19-25,30,36H,8-9,13-15,17-18H2,1-7H3/t30-/m1/s1. The van der Waals surface area contributed by atoms with Crippen LogP contribution in [0.3, 0.4) is 0 Å². The van der Waals surface area contributed by atoms with Gasteiger partial charge in [0, 0.05) is 47.4 Å². The lowest BCUT2D eigenvalue weighted by Crippen LogP contribution is -2.45. The second-order valence-corrected chi connectivity index (χ2v) is 12.6. The third-order valence-corrected chi connectivity index (χ3v) is 8.73. The lowest BCUT2D eigenvalue weighted by molar-refractivity contribution is 0.0643. The molecule has 1 aromatic carbocycles. The first-order valence-corrected chi connectivity index (χ1v) is 15.6. The van der Waals surface area contributed by atoms with Gasteiger partial charge in [0.15, 0.2) is 5.78 Å². The highest BCUT2D eigenvalue weighted by Crippen LogP contribution is 2.32. The van der Waals surface area contributed by atoms with Crippen molar-refractivity contribution in [1.29, 1.82) is 0 Å². The quantitative estimate of drug-likeness (QED) is 0.201. The Morgan fingerprint density at radius 2 is 1.74 bits per heavy atom. The van der Waals surface area contributed by atoms with Gasteiger partial charge in [0.05, 0.1) is 23.0 Å². The van der Waals surface area contributed by atoms with Crippen molar-refractivity contribution in [2.75, 3.05) is 26.7 Å². The number of hydrogen-bond acceptors (Lipinski definition) is 5. The summed E-state index contributed by atoms with van der Waals surface area (Å²) in [5.74, 6) is -0.0885. The van der Waals surface area contributed by atoms with Gasteiger partial charge in [-0.05, 0) is 110 Å². The Kier molecular flexibility index (Phi) is 10.5. The van der Waals surface area contributed by atoms with E-state index in [0.717, 1.165) is 56.2 Å². The predicted molar refractivity (Wildman–Crippen MR) is 168 cm³/mol. The number of amides is 1. The molecule has 0 saturated carbocycles. The minimum absolute atomic E-state index is 0.0571. The molecular weight excluding hydrogens is 529 g/mol. The van der Waals surface area contributed by atoms with Gasteiger partial charge in [-0.3, -0.25) is 14.6 Å². The van der Waals surface area contributed by atoms with Crippen LogP contribution in [0.2, 0.25) is 0 Å². The van der Waals surface area contributed by atoms with Gasteiger partial charge in [0.1, 0.15) is 5.82 Å². The third-order valence-electron chi connectivity index (χ3n) is 8.73. The molecule has 1 aliphatic heterocycles. The Hall–Kier alpha value is -3.10. The number of ketones is 1. The minimum Gasteiger partial charge on any atom is -0.334 e. The van der Waals surface area contributed by atoms with E-state index in [4.69, 9.17) is 0 Å². The molecule has 1 N–H and O–H groups in total. The molecule has 1 saturated heterocycles. The lowest BCUT2D eigenvalue weighted by atomic mass is 9.86. The van der Waals surface area contributed by atoms with Crippen molar-refractivity contribution in [2.24, 2.45) is 11.8 Å². The molecule has 7 nitrogen and oxygen atoms in total. The normalized spacial score (nSPS) is 15.7. The van der Waals surface area contributed by atoms with Gasteiger partial charge in [0.25, 0.3) is 5.91 Å². The van der Waals surface area contributed by atoms with E-state index in [1.807, 2.05) is 51.6 Å². The van der Waals surface area contributed by atoms with Crippen molar-refractivity contribution in [2.45, 2.75) is 85.4 Å². The van der Waals surface area contributed by atoms with Gasteiger partial charge < -0.3 is 19.7 Å². The fourth-order valence-electron chi connectivity index (χ4n) is 6.70. The summed E-state index contributed by atoms with van der Waals surface area (Å²) in [6.45, 7) is 15.3. The smallest absolute Gasteiger partial charge is 0.256 e.